The van der Waals surface area contributed by atoms with E-state index in [4.69, 9.17) is 5.11 Å². The first kappa shape index (κ1) is 18.7. The zero-order valence-corrected chi connectivity index (χ0v) is 14.5. The molecule has 0 aliphatic carbocycles. The van der Waals surface area contributed by atoms with Gasteiger partial charge < -0.3 is 5.11 Å². The molecule has 0 amide bonds. The van der Waals surface area contributed by atoms with Gasteiger partial charge in [-0.15, -0.1) is 0 Å². The number of aryl methyl sites for hydroxylation is 1. The van der Waals surface area contributed by atoms with Crippen molar-refractivity contribution in [3.05, 3.63) is 22.4 Å². The summed E-state index contributed by atoms with van der Waals surface area (Å²) in [5.41, 5.74) is 1.53. The first-order valence-corrected chi connectivity index (χ1v) is 9.99. The fraction of sp³-hybridized carbons (Fsp3) is 0.789. The standard InChI is InChI=1S/C19H34OS/c20-16-13-11-9-7-5-3-1-2-4-6-8-10-12-14-19-15-17-21-18-19/h15,17-18,20H,1-14,16H2. The normalized spacial score (nSPS) is 11.1. The average molecular weight is 311 g/mol. The van der Waals surface area contributed by atoms with E-state index in [1.807, 2.05) is 11.3 Å². The number of aliphatic hydroxyl groups is 1. The molecule has 0 spiro atoms. The lowest BCUT2D eigenvalue weighted by Crippen LogP contribution is -1.85. The highest BCUT2D eigenvalue weighted by atomic mass is 32.1. The van der Waals surface area contributed by atoms with Crippen LogP contribution in [0.15, 0.2) is 16.8 Å². The van der Waals surface area contributed by atoms with E-state index < -0.39 is 0 Å². The molecule has 0 atom stereocenters. The highest BCUT2D eigenvalue weighted by molar-refractivity contribution is 7.07. The van der Waals surface area contributed by atoms with Gasteiger partial charge in [0.05, 0.1) is 0 Å². The maximum Gasteiger partial charge on any atom is 0.0431 e. The van der Waals surface area contributed by atoms with Crippen LogP contribution in [-0.2, 0) is 6.42 Å². The Kier molecular flexibility index (Phi) is 13.0. The Balaban J connectivity index is 1.69. The zero-order valence-electron chi connectivity index (χ0n) is 13.7. The molecule has 1 heterocycles. The SMILES string of the molecule is OCCCCCCCCCCCCCCCc1ccsc1. The third kappa shape index (κ3) is 11.9. The Labute approximate surface area is 135 Å². The van der Waals surface area contributed by atoms with Crippen LogP contribution in [0.25, 0.3) is 0 Å². The molecule has 122 valence electrons. The topological polar surface area (TPSA) is 20.2 Å². The van der Waals surface area contributed by atoms with Crippen molar-refractivity contribution in [3.8, 4) is 0 Å². The molecule has 1 rings (SSSR count). The van der Waals surface area contributed by atoms with Crippen LogP contribution >= 0.6 is 11.3 Å². The van der Waals surface area contributed by atoms with Gasteiger partial charge in [-0.05, 0) is 41.7 Å². The Hall–Kier alpha value is -0.340. The Morgan fingerprint density at radius 3 is 1.57 bits per heavy atom. The summed E-state index contributed by atoms with van der Waals surface area (Å²) in [4.78, 5) is 0. The van der Waals surface area contributed by atoms with E-state index in [9.17, 15) is 0 Å². The predicted octanol–water partition coefficient (Wildman–Crippen LogP) is 6.35. The fourth-order valence-electron chi connectivity index (χ4n) is 2.82. The monoisotopic (exact) mass is 310 g/mol. The van der Waals surface area contributed by atoms with Gasteiger partial charge >= 0.3 is 0 Å². The van der Waals surface area contributed by atoms with Crippen LogP contribution in [0.2, 0.25) is 0 Å². The largest absolute Gasteiger partial charge is 0.396 e. The zero-order chi connectivity index (χ0) is 15.0. The van der Waals surface area contributed by atoms with Gasteiger partial charge in [0.25, 0.3) is 0 Å². The summed E-state index contributed by atoms with van der Waals surface area (Å²) in [5.74, 6) is 0. The minimum atomic E-state index is 0.368. The molecule has 0 aliphatic heterocycles. The highest BCUT2D eigenvalue weighted by Crippen LogP contribution is 2.14. The fourth-order valence-corrected chi connectivity index (χ4v) is 3.52. The van der Waals surface area contributed by atoms with Crippen molar-refractivity contribution in [1.82, 2.24) is 0 Å². The maximum atomic E-state index is 8.69. The van der Waals surface area contributed by atoms with Gasteiger partial charge in [-0.2, -0.15) is 11.3 Å². The van der Waals surface area contributed by atoms with Crippen LogP contribution in [0.4, 0.5) is 0 Å². The smallest absolute Gasteiger partial charge is 0.0431 e. The van der Waals surface area contributed by atoms with Crippen LogP contribution in [0, 0.1) is 0 Å². The summed E-state index contributed by atoms with van der Waals surface area (Å²) in [7, 11) is 0. The van der Waals surface area contributed by atoms with Crippen molar-refractivity contribution in [2.45, 2.75) is 89.9 Å². The number of hydrogen-bond acceptors (Lipinski definition) is 2. The van der Waals surface area contributed by atoms with E-state index in [-0.39, 0.29) is 0 Å². The van der Waals surface area contributed by atoms with Crippen molar-refractivity contribution in [1.29, 1.82) is 0 Å². The lowest BCUT2D eigenvalue weighted by molar-refractivity contribution is 0.282. The molecule has 0 saturated carbocycles. The Morgan fingerprint density at radius 1 is 0.667 bits per heavy atom. The van der Waals surface area contributed by atoms with E-state index in [1.54, 1.807) is 0 Å². The van der Waals surface area contributed by atoms with Crippen LogP contribution in [0.1, 0.15) is 89.0 Å². The summed E-state index contributed by atoms with van der Waals surface area (Å²) in [5, 5.41) is 13.2. The van der Waals surface area contributed by atoms with E-state index in [0.29, 0.717) is 6.61 Å². The van der Waals surface area contributed by atoms with E-state index in [2.05, 4.69) is 16.8 Å². The lowest BCUT2D eigenvalue weighted by Gasteiger charge is -2.03. The van der Waals surface area contributed by atoms with Gasteiger partial charge in [-0.3, -0.25) is 0 Å². The lowest BCUT2D eigenvalue weighted by atomic mass is 10.0. The molecule has 21 heavy (non-hydrogen) atoms. The molecule has 0 fully saturated rings. The highest BCUT2D eigenvalue weighted by Gasteiger charge is 1.95. The second kappa shape index (κ2) is 14.6. The third-order valence-corrected chi connectivity index (χ3v) is 4.94. The van der Waals surface area contributed by atoms with E-state index >= 15 is 0 Å². The molecule has 1 nitrogen and oxygen atoms in total. The number of hydrogen-bond donors (Lipinski definition) is 1. The summed E-state index contributed by atoms with van der Waals surface area (Å²) in [6, 6.07) is 2.26. The molecule has 0 radical (unpaired) electrons. The molecule has 1 aromatic heterocycles. The number of thiophene rings is 1. The predicted molar refractivity (Wildman–Crippen MR) is 95.1 cm³/mol. The first-order valence-electron chi connectivity index (χ1n) is 9.05. The Morgan fingerprint density at radius 2 is 1.14 bits per heavy atom. The maximum absolute atomic E-state index is 8.69. The molecule has 0 unspecified atom stereocenters. The van der Waals surface area contributed by atoms with Crippen LogP contribution < -0.4 is 0 Å². The van der Waals surface area contributed by atoms with Gasteiger partial charge in [-0.25, -0.2) is 0 Å². The van der Waals surface area contributed by atoms with Crippen molar-refractivity contribution in [3.63, 3.8) is 0 Å². The minimum Gasteiger partial charge on any atom is -0.396 e. The molecule has 1 N–H and O–H groups in total. The second-order valence-electron chi connectivity index (χ2n) is 6.20. The molecule has 1 aromatic rings. The van der Waals surface area contributed by atoms with E-state index in [0.717, 1.165) is 6.42 Å². The first-order chi connectivity index (χ1) is 10.4. The molecular formula is C19H34OS. The summed E-state index contributed by atoms with van der Waals surface area (Å²) in [6.07, 6.45) is 18.9. The van der Waals surface area contributed by atoms with Crippen LogP contribution in [-0.4, -0.2) is 11.7 Å². The molecular weight excluding hydrogens is 276 g/mol. The van der Waals surface area contributed by atoms with Crippen molar-refractivity contribution < 1.29 is 5.11 Å². The molecule has 2 heteroatoms. The average Bonchev–Trinajstić information content (AvgIpc) is 3.01. The Bertz CT molecular complexity index is 295. The summed E-state index contributed by atoms with van der Waals surface area (Å²) in [6.45, 7) is 0.368. The van der Waals surface area contributed by atoms with Gasteiger partial charge in [0, 0.05) is 6.61 Å². The minimum absolute atomic E-state index is 0.368. The molecule has 0 aromatic carbocycles. The molecule has 0 bridgehead atoms. The van der Waals surface area contributed by atoms with Gasteiger partial charge in [0.2, 0.25) is 0 Å². The number of unbranched alkanes of at least 4 members (excludes halogenated alkanes) is 12. The second-order valence-corrected chi connectivity index (χ2v) is 6.98. The number of rotatable bonds is 15. The summed E-state index contributed by atoms with van der Waals surface area (Å²) < 4.78 is 0. The summed E-state index contributed by atoms with van der Waals surface area (Å²) >= 11 is 1.82. The number of aliphatic hydroxyl groups excluding tert-OH is 1. The van der Waals surface area contributed by atoms with Crippen LogP contribution in [0.5, 0.6) is 0 Å². The van der Waals surface area contributed by atoms with Crippen molar-refractivity contribution in [2.75, 3.05) is 6.61 Å². The molecule has 0 saturated heterocycles. The van der Waals surface area contributed by atoms with Gasteiger partial charge in [-0.1, -0.05) is 70.6 Å². The third-order valence-electron chi connectivity index (χ3n) is 4.20. The van der Waals surface area contributed by atoms with Gasteiger partial charge in [0.1, 0.15) is 0 Å². The van der Waals surface area contributed by atoms with Crippen molar-refractivity contribution in [2.24, 2.45) is 0 Å². The van der Waals surface area contributed by atoms with Gasteiger partial charge in [0.15, 0.2) is 0 Å². The van der Waals surface area contributed by atoms with Crippen LogP contribution in [0.3, 0.4) is 0 Å². The van der Waals surface area contributed by atoms with E-state index in [1.165, 1.54) is 89.0 Å². The molecule has 0 aliphatic rings. The van der Waals surface area contributed by atoms with Crippen molar-refractivity contribution >= 4 is 11.3 Å². The quantitative estimate of drug-likeness (QED) is 0.374.